The molecule has 1 fully saturated rings. The van der Waals surface area contributed by atoms with Crippen molar-refractivity contribution in [3.8, 4) is 0 Å². The van der Waals surface area contributed by atoms with Gasteiger partial charge >= 0.3 is 6.18 Å². The van der Waals surface area contributed by atoms with E-state index in [0.29, 0.717) is 0 Å². The molecule has 0 aliphatic carbocycles. The Bertz CT molecular complexity index is 314. The minimum absolute atomic E-state index is 0.0431. The second-order valence-electron chi connectivity index (χ2n) is 4.99. The van der Waals surface area contributed by atoms with Crippen LogP contribution in [-0.2, 0) is 9.53 Å². The van der Waals surface area contributed by atoms with E-state index in [-0.39, 0.29) is 19.5 Å². The first-order valence-corrected chi connectivity index (χ1v) is 5.77. The van der Waals surface area contributed by atoms with Crippen LogP contribution in [0.4, 0.5) is 13.2 Å². The van der Waals surface area contributed by atoms with E-state index in [4.69, 9.17) is 10.5 Å². The number of likely N-dealkylation sites (tertiary alicyclic amines) is 1. The van der Waals surface area contributed by atoms with Crippen LogP contribution >= 0.6 is 0 Å². The third kappa shape index (κ3) is 2.61. The number of nitrogens with zero attached hydrogens (tertiary/aromatic N) is 1. The topological polar surface area (TPSA) is 55.6 Å². The predicted molar refractivity (Wildman–Crippen MR) is 59.8 cm³/mol. The minimum atomic E-state index is -4.30. The molecule has 0 spiro atoms. The molecule has 1 saturated heterocycles. The molecular weight excluding hydrogens is 249 g/mol. The molecule has 1 aliphatic rings. The highest BCUT2D eigenvalue weighted by Gasteiger charge is 2.56. The Morgan fingerprint density at radius 1 is 1.56 bits per heavy atom. The molecule has 0 aromatic rings. The first-order chi connectivity index (χ1) is 8.16. The molecule has 2 N–H and O–H groups in total. The highest BCUT2D eigenvalue weighted by Crippen LogP contribution is 2.44. The van der Waals surface area contributed by atoms with Crippen LogP contribution in [0.5, 0.6) is 0 Å². The summed E-state index contributed by atoms with van der Waals surface area (Å²) in [6.45, 7) is 2.90. The third-order valence-electron chi connectivity index (χ3n) is 3.62. The highest BCUT2D eigenvalue weighted by atomic mass is 19.4. The summed E-state index contributed by atoms with van der Waals surface area (Å²) in [7, 11) is 1.32. The molecule has 0 radical (unpaired) electrons. The molecule has 0 bridgehead atoms. The number of ether oxygens (including phenoxy) is 1. The molecule has 18 heavy (non-hydrogen) atoms. The average molecular weight is 268 g/mol. The summed E-state index contributed by atoms with van der Waals surface area (Å²) >= 11 is 0. The Labute approximate surface area is 104 Å². The van der Waals surface area contributed by atoms with Crippen LogP contribution in [0, 0.1) is 5.92 Å². The predicted octanol–water partition coefficient (Wildman–Crippen LogP) is 1.15. The van der Waals surface area contributed by atoms with Gasteiger partial charge in [0.05, 0.1) is 5.92 Å². The van der Waals surface area contributed by atoms with Gasteiger partial charge in [0.25, 0.3) is 5.91 Å². The number of halogens is 3. The van der Waals surface area contributed by atoms with Gasteiger partial charge in [0.1, 0.15) is 6.10 Å². The van der Waals surface area contributed by atoms with E-state index in [9.17, 15) is 18.0 Å². The van der Waals surface area contributed by atoms with E-state index >= 15 is 0 Å². The quantitative estimate of drug-likeness (QED) is 0.835. The summed E-state index contributed by atoms with van der Waals surface area (Å²) in [5, 5.41) is 0. The van der Waals surface area contributed by atoms with Crippen LogP contribution in [-0.4, -0.2) is 48.8 Å². The average Bonchev–Trinajstić information content (AvgIpc) is 2.54. The zero-order valence-electron chi connectivity index (χ0n) is 10.8. The van der Waals surface area contributed by atoms with E-state index in [1.54, 1.807) is 0 Å². The largest absolute Gasteiger partial charge is 0.394 e. The van der Waals surface area contributed by atoms with Crippen molar-refractivity contribution in [1.29, 1.82) is 0 Å². The number of hydrogen-bond donors (Lipinski definition) is 1. The first-order valence-electron chi connectivity index (χ1n) is 5.77. The Balaban J connectivity index is 2.91. The van der Waals surface area contributed by atoms with Crippen LogP contribution in [0.2, 0.25) is 0 Å². The van der Waals surface area contributed by atoms with Gasteiger partial charge in [-0.3, -0.25) is 4.79 Å². The molecule has 1 aliphatic heterocycles. The SMILES string of the molecule is COC(CN)C(=O)N1CCC(C(F)(F)F)C1(C)C. The lowest BCUT2D eigenvalue weighted by atomic mass is 9.87. The fourth-order valence-corrected chi connectivity index (χ4v) is 2.52. The number of hydrogen-bond acceptors (Lipinski definition) is 3. The number of carbonyl (C=O) groups excluding carboxylic acids is 1. The maximum Gasteiger partial charge on any atom is 0.394 e. The summed E-state index contributed by atoms with van der Waals surface area (Å²) < 4.78 is 43.5. The molecule has 106 valence electrons. The Kier molecular flexibility index (Phi) is 4.27. The molecular formula is C11H19F3N2O2. The zero-order chi connectivity index (χ0) is 14.1. The summed E-state index contributed by atoms with van der Waals surface area (Å²) in [5.74, 6) is -1.99. The molecule has 4 nitrogen and oxygen atoms in total. The summed E-state index contributed by atoms with van der Waals surface area (Å²) in [6.07, 6.45) is -5.26. The molecule has 1 amide bonds. The van der Waals surface area contributed by atoms with Crippen molar-refractivity contribution in [2.45, 2.75) is 38.1 Å². The van der Waals surface area contributed by atoms with Gasteiger partial charge in [-0.15, -0.1) is 0 Å². The second-order valence-corrected chi connectivity index (χ2v) is 4.99. The molecule has 2 atom stereocenters. The molecule has 0 aromatic heterocycles. The van der Waals surface area contributed by atoms with Crippen LogP contribution < -0.4 is 5.73 Å². The third-order valence-corrected chi connectivity index (χ3v) is 3.62. The fraction of sp³-hybridized carbons (Fsp3) is 0.909. The van der Waals surface area contributed by atoms with Gasteiger partial charge < -0.3 is 15.4 Å². The van der Waals surface area contributed by atoms with E-state index in [1.807, 2.05) is 0 Å². The van der Waals surface area contributed by atoms with Gasteiger partial charge in [-0.2, -0.15) is 13.2 Å². The Morgan fingerprint density at radius 3 is 2.44 bits per heavy atom. The van der Waals surface area contributed by atoms with Crippen LogP contribution in [0.25, 0.3) is 0 Å². The Morgan fingerprint density at radius 2 is 2.11 bits per heavy atom. The fourth-order valence-electron chi connectivity index (χ4n) is 2.52. The minimum Gasteiger partial charge on any atom is -0.370 e. The molecule has 0 aromatic carbocycles. The molecule has 1 heterocycles. The summed E-state index contributed by atoms with van der Waals surface area (Å²) in [5.41, 5.74) is 4.10. The smallest absolute Gasteiger partial charge is 0.370 e. The maximum atomic E-state index is 12.9. The van der Waals surface area contributed by atoms with Crippen LogP contribution in [0.3, 0.4) is 0 Å². The second kappa shape index (κ2) is 5.05. The van der Waals surface area contributed by atoms with Gasteiger partial charge in [-0.1, -0.05) is 0 Å². The lowest BCUT2D eigenvalue weighted by molar-refractivity contribution is -0.193. The van der Waals surface area contributed by atoms with E-state index < -0.39 is 29.6 Å². The van der Waals surface area contributed by atoms with E-state index in [0.717, 1.165) is 0 Å². The molecule has 1 rings (SSSR count). The molecule has 7 heteroatoms. The number of amides is 1. The summed E-state index contributed by atoms with van der Waals surface area (Å²) in [4.78, 5) is 13.3. The van der Waals surface area contributed by atoms with Crippen molar-refractivity contribution < 1.29 is 22.7 Å². The number of carbonyl (C=O) groups is 1. The van der Waals surface area contributed by atoms with Crippen molar-refractivity contribution in [2.24, 2.45) is 11.7 Å². The van der Waals surface area contributed by atoms with Crippen LogP contribution in [0.1, 0.15) is 20.3 Å². The van der Waals surface area contributed by atoms with Gasteiger partial charge in [-0.05, 0) is 20.3 Å². The van der Waals surface area contributed by atoms with Crippen molar-refractivity contribution in [2.75, 3.05) is 20.2 Å². The number of nitrogens with two attached hydrogens (primary N) is 1. The normalized spacial score (nSPS) is 25.3. The zero-order valence-corrected chi connectivity index (χ0v) is 10.8. The summed E-state index contributed by atoms with van der Waals surface area (Å²) in [6, 6.07) is 0. The van der Waals surface area contributed by atoms with Crippen molar-refractivity contribution >= 4 is 5.91 Å². The lowest BCUT2D eigenvalue weighted by Gasteiger charge is -2.38. The maximum absolute atomic E-state index is 12.9. The van der Waals surface area contributed by atoms with Gasteiger partial charge in [0.2, 0.25) is 0 Å². The standard InChI is InChI=1S/C11H19F3N2O2/c1-10(2)8(11(12,13)14)4-5-16(10)9(17)7(6-15)18-3/h7-8H,4-6,15H2,1-3H3. The van der Waals surface area contributed by atoms with E-state index in [1.165, 1.54) is 25.9 Å². The monoisotopic (exact) mass is 268 g/mol. The number of alkyl halides is 3. The molecule has 0 saturated carbocycles. The van der Waals surface area contributed by atoms with Gasteiger partial charge in [-0.25, -0.2) is 0 Å². The van der Waals surface area contributed by atoms with Crippen molar-refractivity contribution in [3.63, 3.8) is 0 Å². The van der Waals surface area contributed by atoms with Gasteiger partial charge in [0.15, 0.2) is 0 Å². The lowest BCUT2D eigenvalue weighted by Crippen LogP contribution is -2.54. The first kappa shape index (κ1) is 15.2. The number of methoxy groups -OCH3 is 1. The van der Waals surface area contributed by atoms with Crippen LogP contribution in [0.15, 0.2) is 0 Å². The Hall–Kier alpha value is -0.820. The van der Waals surface area contributed by atoms with Crippen molar-refractivity contribution in [3.05, 3.63) is 0 Å². The highest BCUT2D eigenvalue weighted by molar-refractivity contribution is 5.82. The van der Waals surface area contributed by atoms with Crippen molar-refractivity contribution in [1.82, 2.24) is 4.90 Å². The van der Waals surface area contributed by atoms with Gasteiger partial charge in [0, 0.05) is 25.7 Å². The number of rotatable bonds is 3. The molecule has 2 unspecified atom stereocenters. The van der Waals surface area contributed by atoms with E-state index in [2.05, 4.69) is 0 Å².